The van der Waals surface area contributed by atoms with Gasteiger partial charge in [0.2, 0.25) is 0 Å². The molecule has 0 bridgehead atoms. The van der Waals surface area contributed by atoms with Crippen LogP contribution in [0.3, 0.4) is 0 Å². The average molecular weight is 149 g/mol. The van der Waals surface area contributed by atoms with E-state index in [-0.39, 0.29) is 8.40 Å². The van der Waals surface area contributed by atoms with E-state index in [1.54, 1.807) is 0 Å². The summed E-state index contributed by atoms with van der Waals surface area (Å²) in [5.41, 5.74) is 4.70. The second kappa shape index (κ2) is 4.39. The largest absolute Gasteiger partial charge is 0.0778 e. The van der Waals surface area contributed by atoms with Gasteiger partial charge in [-0.2, -0.15) is 0 Å². The molecule has 0 saturated heterocycles. The molecule has 0 spiro atoms. The number of unbranched alkanes of at least 4 members (excludes halogenated alkanes) is 1. The molecule has 0 aromatic carbocycles. The summed E-state index contributed by atoms with van der Waals surface area (Å²) < 4.78 is 0. The summed E-state index contributed by atoms with van der Waals surface area (Å²) in [6.45, 7) is 3.83. The van der Waals surface area contributed by atoms with Crippen molar-refractivity contribution < 1.29 is 0 Å². The Balaban J connectivity index is 2.43. The minimum atomic E-state index is -0.243. The highest BCUT2D eigenvalue weighted by Gasteiger charge is 1.88. The molecule has 1 aromatic rings. The lowest BCUT2D eigenvalue weighted by molar-refractivity contribution is 0.906. The Morgan fingerprint density at radius 1 is 1.10 bits per heavy atom. The van der Waals surface area contributed by atoms with Crippen molar-refractivity contribution in [1.29, 1.82) is 0 Å². The van der Waals surface area contributed by atoms with E-state index in [1.807, 2.05) is 0 Å². The van der Waals surface area contributed by atoms with E-state index >= 15 is 0 Å². The Hall–Kier alpha value is -0.433. The van der Waals surface area contributed by atoms with Gasteiger partial charge in [0, 0.05) is 8.40 Å². The van der Waals surface area contributed by atoms with Gasteiger partial charge in [-0.1, -0.05) is 49.3 Å². The van der Waals surface area contributed by atoms with E-state index in [0.717, 1.165) is 6.42 Å². The standard InChI is InChI=1S/C9H13Si/c1-2-3-7-10-8-5-4-6-9-10/h4-6,8-9H,1-3,7H2. The third-order valence-corrected chi connectivity index (χ3v) is 3.73. The van der Waals surface area contributed by atoms with Crippen LogP contribution in [0.4, 0.5) is 0 Å². The van der Waals surface area contributed by atoms with E-state index in [9.17, 15) is 0 Å². The van der Waals surface area contributed by atoms with Crippen LogP contribution in [-0.4, -0.2) is 8.40 Å². The Labute approximate surface area is 64.4 Å². The highest BCUT2D eigenvalue weighted by Crippen LogP contribution is 1.92. The van der Waals surface area contributed by atoms with Crippen molar-refractivity contribution in [3.8, 4) is 0 Å². The predicted octanol–water partition coefficient (Wildman–Crippen LogP) is 2.33. The highest BCUT2D eigenvalue weighted by molar-refractivity contribution is 6.49. The molecule has 10 heavy (non-hydrogen) atoms. The molecule has 1 rings (SSSR count). The molecule has 0 N–H and O–H groups in total. The molecule has 1 aromatic heterocycles. The van der Waals surface area contributed by atoms with Gasteiger partial charge in [0.1, 0.15) is 0 Å². The fourth-order valence-electron chi connectivity index (χ4n) is 0.974. The highest BCUT2D eigenvalue weighted by atomic mass is 28.2. The van der Waals surface area contributed by atoms with Gasteiger partial charge < -0.3 is 0 Å². The van der Waals surface area contributed by atoms with Gasteiger partial charge in [0.25, 0.3) is 0 Å². The van der Waals surface area contributed by atoms with E-state index < -0.39 is 0 Å². The summed E-state index contributed by atoms with van der Waals surface area (Å²) in [5, 5.41) is 0. The van der Waals surface area contributed by atoms with Crippen LogP contribution in [0.15, 0.2) is 29.6 Å². The Bertz CT molecular complexity index is 169. The van der Waals surface area contributed by atoms with Gasteiger partial charge in [0.15, 0.2) is 0 Å². The number of aryl methyl sites for hydroxylation is 1. The quantitative estimate of drug-likeness (QED) is 0.579. The lowest BCUT2D eigenvalue weighted by atomic mass is 10.4. The van der Waals surface area contributed by atoms with Crippen molar-refractivity contribution >= 4 is 8.40 Å². The minimum Gasteiger partial charge on any atom is -0.0778 e. The van der Waals surface area contributed by atoms with Crippen molar-refractivity contribution in [2.75, 3.05) is 0 Å². The van der Waals surface area contributed by atoms with Crippen LogP contribution in [-0.2, 0) is 6.04 Å². The topological polar surface area (TPSA) is 0 Å². The Kier molecular flexibility index (Phi) is 3.37. The lowest BCUT2D eigenvalue weighted by Crippen LogP contribution is -1.97. The van der Waals surface area contributed by atoms with E-state index in [2.05, 4.69) is 36.5 Å². The normalized spacial score (nSPS) is 9.70. The summed E-state index contributed by atoms with van der Waals surface area (Å²) in [6.07, 6.45) is 2.36. The van der Waals surface area contributed by atoms with Crippen LogP contribution in [0.25, 0.3) is 0 Å². The molecule has 1 radical (unpaired) electrons. The number of hydrogen-bond acceptors (Lipinski definition) is 0. The van der Waals surface area contributed by atoms with Gasteiger partial charge >= 0.3 is 0 Å². The molecule has 0 amide bonds. The third-order valence-electron chi connectivity index (χ3n) is 1.56. The summed E-state index contributed by atoms with van der Waals surface area (Å²) in [4.78, 5) is 0. The van der Waals surface area contributed by atoms with Crippen molar-refractivity contribution in [2.24, 2.45) is 0 Å². The summed E-state index contributed by atoms with van der Waals surface area (Å²) in [5.74, 6) is 0. The fourth-order valence-corrected chi connectivity index (χ4v) is 2.79. The first-order valence-electron chi connectivity index (χ1n) is 3.76. The maximum Gasteiger partial charge on any atom is 0.0369 e. The molecule has 1 heterocycles. The molecular formula is C9H13Si. The van der Waals surface area contributed by atoms with Crippen LogP contribution >= 0.6 is 0 Å². The van der Waals surface area contributed by atoms with Crippen molar-refractivity contribution in [2.45, 2.75) is 18.9 Å². The van der Waals surface area contributed by atoms with E-state index in [0.29, 0.717) is 0 Å². The number of hydrogen-bond donors (Lipinski definition) is 0. The number of rotatable bonds is 3. The zero-order chi connectivity index (χ0) is 7.23. The van der Waals surface area contributed by atoms with E-state index in [1.165, 1.54) is 12.5 Å². The molecule has 53 valence electrons. The Morgan fingerprint density at radius 3 is 2.40 bits per heavy atom. The first-order valence-corrected chi connectivity index (χ1v) is 5.63. The van der Waals surface area contributed by atoms with Gasteiger partial charge in [0.05, 0.1) is 0 Å². The summed E-state index contributed by atoms with van der Waals surface area (Å²) in [6, 6.07) is 7.78. The maximum atomic E-state index is 3.83. The maximum absolute atomic E-state index is 3.83. The first-order chi connectivity index (χ1) is 4.93. The average Bonchev–Trinajstić information content (AvgIpc) is 2.03. The lowest BCUT2D eigenvalue weighted by Gasteiger charge is -1.95. The van der Waals surface area contributed by atoms with Crippen LogP contribution in [0.1, 0.15) is 12.8 Å². The monoisotopic (exact) mass is 149 g/mol. The van der Waals surface area contributed by atoms with Gasteiger partial charge in [-0.05, 0) is 6.04 Å². The van der Waals surface area contributed by atoms with Crippen molar-refractivity contribution in [3.63, 3.8) is 0 Å². The molecule has 0 aliphatic carbocycles. The Morgan fingerprint density at radius 2 is 1.80 bits per heavy atom. The smallest absolute Gasteiger partial charge is 0.0369 e. The first kappa shape index (κ1) is 7.67. The van der Waals surface area contributed by atoms with Crippen LogP contribution in [0, 0.1) is 6.92 Å². The molecule has 0 nitrogen and oxygen atoms in total. The summed E-state index contributed by atoms with van der Waals surface area (Å²) in [7, 11) is -0.243. The molecule has 0 atom stereocenters. The van der Waals surface area contributed by atoms with E-state index in [4.69, 9.17) is 0 Å². The zero-order valence-corrected chi connectivity index (χ0v) is 7.22. The molecule has 0 unspecified atom stereocenters. The molecule has 1 heteroatoms. The molecule has 0 aliphatic rings. The van der Waals surface area contributed by atoms with Crippen molar-refractivity contribution in [1.82, 2.24) is 0 Å². The molecular weight excluding hydrogens is 136 g/mol. The predicted molar refractivity (Wildman–Crippen MR) is 47.0 cm³/mol. The van der Waals surface area contributed by atoms with Gasteiger partial charge in [-0.3, -0.25) is 0 Å². The van der Waals surface area contributed by atoms with Crippen LogP contribution in [0.5, 0.6) is 0 Å². The molecule has 0 fully saturated rings. The van der Waals surface area contributed by atoms with Crippen LogP contribution in [0.2, 0.25) is 0 Å². The minimum absolute atomic E-state index is 0.243. The summed E-state index contributed by atoms with van der Waals surface area (Å²) >= 11 is 0. The second-order valence-electron chi connectivity index (χ2n) is 2.44. The van der Waals surface area contributed by atoms with Crippen molar-refractivity contribution in [3.05, 3.63) is 36.5 Å². The van der Waals surface area contributed by atoms with Crippen LogP contribution < -0.4 is 0 Å². The third kappa shape index (κ3) is 2.44. The fraction of sp³-hybridized carbons (Fsp3) is 0.333. The second-order valence-corrected chi connectivity index (χ2v) is 4.76. The molecule has 0 aliphatic heterocycles. The SMILES string of the molecule is [CH2]CCC[si]1ccccc1. The van der Waals surface area contributed by atoms with Gasteiger partial charge in [-0.25, -0.2) is 0 Å². The zero-order valence-electron chi connectivity index (χ0n) is 6.22. The van der Waals surface area contributed by atoms with Gasteiger partial charge in [-0.15, -0.1) is 0 Å². The molecule has 0 saturated carbocycles.